The van der Waals surface area contributed by atoms with Gasteiger partial charge in [-0.25, -0.2) is 9.13 Å². The van der Waals surface area contributed by atoms with Gasteiger partial charge in [0.1, 0.15) is 19.3 Å². The highest BCUT2D eigenvalue weighted by atomic mass is 31.2. The molecule has 0 rings (SSSR count). The first-order valence-corrected chi connectivity index (χ1v) is 39.1. The van der Waals surface area contributed by atoms with Crippen LogP contribution in [0.25, 0.3) is 0 Å². The molecule has 0 aliphatic carbocycles. The second kappa shape index (κ2) is 62.5. The van der Waals surface area contributed by atoms with E-state index in [2.05, 4.69) is 34.6 Å². The maximum atomic E-state index is 13.0. The summed E-state index contributed by atoms with van der Waals surface area (Å²) in [5, 5.41) is 10.6. The van der Waals surface area contributed by atoms with Crippen molar-refractivity contribution in [2.75, 3.05) is 39.6 Å². The van der Waals surface area contributed by atoms with Crippen molar-refractivity contribution >= 4 is 39.5 Å². The number of esters is 4. The van der Waals surface area contributed by atoms with Gasteiger partial charge in [0.05, 0.1) is 26.4 Å². The lowest BCUT2D eigenvalue weighted by Gasteiger charge is -2.21. The number of rotatable bonds is 69. The Morgan fingerprint density at radius 1 is 0.307 bits per heavy atom. The molecule has 88 heavy (non-hydrogen) atoms. The number of ether oxygens (including phenoxy) is 4. The summed E-state index contributed by atoms with van der Waals surface area (Å²) >= 11 is 0. The summed E-state index contributed by atoms with van der Waals surface area (Å²) in [5.74, 6) is -1.37. The zero-order valence-corrected chi connectivity index (χ0v) is 58.6. The number of unbranched alkanes of at least 4 members (excludes halogenated alkanes) is 41. The first-order valence-electron chi connectivity index (χ1n) is 36.1. The summed E-state index contributed by atoms with van der Waals surface area (Å²) in [4.78, 5) is 72.5. The molecule has 0 aromatic carbocycles. The van der Waals surface area contributed by atoms with Crippen LogP contribution in [0, 0.1) is 5.92 Å². The highest BCUT2D eigenvalue weighted by Crippen LogP contribution is 2.45. The highest BCUT2D eigenvalue weighted by molar-refractivity contribution is 7.47. The molecule has 0 heterocycles. The molecule has 522 valence electrons. The van der Waals surface area contributed by atoms with E-state index in [4.69, 9.17) is 37.0 Å². The molecular formula is C69H134O17P2. The van der Waals surface area contributed by atoms with Crippen LogP contribution in [0.4, 0.5) is 0 Å². The van der Waals surface area contributed by atoms with Gasteiger partial charge in [-0.2, -0.15) is 0 Å². The Morgan fingerprint density at radius 2 is 0.523 bits per heavy atom. The summed E-state index contributed by atoms with van der Waals surface area (Å²) in [6.45, 7) is 7.23. The maximum Gasteiger partial charge on any atom is 0.472 e. The van der Waals surface area contributed by atoms with Crippen molar-refractivity contribution in [1.29, 1.82) is 0 Å². The van der Waals surface area contributed by atoms with Crippen molar-refractivity contribution < 1.29 is 80.2 Å². The van der Waals surface area contributed by atoms with Gasteiger partial charge >= 0.3 is 39.5 Å². The zero-order valence-electron chi connectivity index (χ0n) is 56.9. The topological polar surface area (TPSA) is 237 Å². The van der Waals surface area contributed by atoms with Crippen LogP contribution in [-0.2, 0) is 65.4 Å². The summed E-state index contributed by atoms with van der Waals surface area (Å²) in [5.41, 5.74) is 0. The van der Waals surface area contributed by atoms with Gasteiger partial charge in [-0.15, -0.1) is 0 Å². The molecule has 0 radical (unpaired) electrons. The molecule has 0 spiro atoms. The average Bonchev–Trinajstić information content (AvgIpc) is 3.48. The van der Waals surface area contributed by atoms with E-state index in [0.717, 1.165) is 95.8 Å². The Labute approximate surface area is 537 Å². The Kier molecular flexibility index (Phi) is 61.1. The van der Waals surface area contributed by atoms with E-state index in [-0.39, 0.29) is 25.7 Å². The minimum absolute atomic E-state index is 0.106. The average molecular weight is 1300 g/mol. The quantitative estimate of drug-likeness (QED) is 0.0222. The van der Waals surface area contributed by atoms with Crippen LogP contribution in [0.5, 0.6) is 0 Å². The monoisotopic (exact) mass is 1300 g/mol. The van der Waals surface area contributed by atoms with E-state index in [1.807, 2.05) is 0 Å². The molecule has 0 aliphatic rings. The molecule has 0 saturated heterocycles. The number of carbonyl (C=O) groups is 4. The molecule has 0 fully saturated rings. The van der Waals surface area contributed by atoms with Gasteiger partial charge in [0, 0.05) is 25.7 Å². The first kappa shape index (κ1) is 86.1. The molecule has 2 unspecified atom stereocenters. The number of carbonyl (C=O) groups excluding carboxylic acids is 4. The molecule has 19 heteroatoms. The van der Waals surface area contributed by atoms with E-state index in [1.54, 1.807) is 0 Å². The normalized spacial score (nSPS) is 14.1. The van der Waals surface area contributed by atoms with Crippen LogP contribution in [0.3, 0.4) is 0 Å². The van der Waals surface area contributed by atoms with Crippen molar-refractivity contribution in [3.8, 4) is 0 Å². The third-order valence-corrected chi connectivity index (χ3v) is 17.9. The largest absolute Gasteiger partial charge is 0.472 e. The predicted octanol–water partition coefficient (Wildman–Crippen LogP) is 19.7. The van der Waals surface area contributed by atoms with Crippen molar-refractivity contribution in [2.24, 2.45) is 5.92 Å². The summed E-state index contributed by atoms with van der Waals surface area (Å²) in [7, 11) is -9.90. The van der Waals surface area contributed by atoms with Gasteiger partial charge < -0.3 is 33.8 Å². The van der Waals surface area contributed by atoms with Crippen LogP contribution >= 0.6 is 15.6 Å². The van der Waals surface area contributed by atoms with Crippen LogP contribution in [0.1, 0.15) is 356 Å². The van der Waals surface area contributed by atoms with Crippen molar-refractivity contribution in [3.63, 3.8) is 0 Å². The Bertz CT molecular complexity index is 1700. The molecule has 5 atom stereocenters. The van der Waals surface area contributed by atoms with E-state index in [1.165, 1.54) is 180 Å². The zero-order chi connectivity index (χ0) is 64.9. The van der Waals surface area contributed by atoms with Gasteiger partial charge in [-0.3, -0.25) is 37.3 Å². The third kappa shape index (κ3) is 62.8. The SMILES string of the molecule is CCCCCCCCCCCCCCC(=O)OC[C@H](COP(=O)(O)OC[C@@H](O)COP(=O)(O)OC[C@@H](COC(=O)CCCCCCCCCCCCC)OC(=O)CCCCCCCCCCCCCC)OC(=O)CCCCCCCCCCCCC(C)C. The van der Waals surface area contributed by atoms with E-state index < -0.39 is 97.5 Å². The third-order valence-electron chi connectivity index (χ3n) is 16.0. The van der Waals surface area contributed by atoms with E-state index in [9.17, 15) is 43.2 Å². The number of aliphatic hydroxyl groups excluding tert-OH is 1. The molecule has 0 aliphatic heterocycles. The predicted molar refractivity (Wildman–Crippen MR) is 354 cm³/mol. The Morgan fingerprint density at radius 3 is 0.773 bits per heavy atom. The van der Waals surface area contributed by atoms with E-state index >= 15 is 0 Å². The van der Waals surface area contributed by atoms with Gasteiger partial charge in [0.25, 0.3) is 0 Å². The number of hydrogen-bond donors (Lipinski definition) is 3. The molecule has 0 aromatic rings. The summed E-state index contributed by atoms with van der Waals surface area (Å²) < 4.78 is 68.2. The standard InChI is InChI=1S/C69H134O17P2/c1-6-9-12-15-18-21-24-27-33-38-43-48-53-67(72)80-59-65(86-69(74)55-50-45-40-35-30-29-31-36-41-46-51-62(4)5)61-84-88(77,78)82-57-63(70)56-81-87(75,76)83-60-64(58-79-66(71)52-47-42-37-32-26-23-20-17-14-11-8-3)85-68(73)54-49-44-39-34-28-25-22-19-16-13-10-7-2/h62-65,70H,6-61H2,1-5H3,(H,75,76)(H,77,78)/t63-,64+,65+/m0/s1. The number of phosphoric ester groups is 2. The molecule has 3 N–H and O–H groups in total. The lowest BCUT2D eigenvalue weighted by Crippen LogP contribution is -2.30. The lowest BCUT2D eigenvalue weighted by molar-refractivity contribution is -0.161. The number of hydrogen-bond acceptors (Lipinski definition) is 15. The molecule has 17 nitrogen and oxygen atoms in total. The number of aliphatic hydroxyl groups is 1. The van der Waals surface area contributed by atoms with Crippen molar-refractivity contribution in [3.05, 3.63) is 0 Å². The van der Waals surface area contributed by atoms with Gasteiger partial charge in [0.15, 0.2) is 12.2 Å². The minimum Gasteiger partial charge on any atom is -0.462 e. The minimum atomic E-state index is -4.95. The smallest absolute Gasteiger partial charge is 0.462 e. The number of phosphoric acid groups is 2. The van der Waals surface area contributed by atoms with Crippen LogP contribution < -0.4 is 0 Å². The maximum absolute atomic E-state index is 13.0. The molecule has 0 aromatic heterocycles. The van der Waals surface area contributed by atoms with Crippen LogP contribution in [0.15, 0.2) is 0 Å². The fourth-order valence-corrected chi connectivity index (χ4v) is 12.0. The van der Waals surface area contributed by atoms with Crippen molar-refractivity contribution in [1.82, 2.24) is 0 Å². The second-order valence-electron chi connectivity index (χ2n) is 25.4. The van der Waals surface area contributed by atoms with Gasteiger partial charge in [0.2, 0.25) is 0 Å². The van der Waals surface area contributed by atoms with Crippen molar-refractivity contribution in [2.45, 2.75) is 374 Å². The molecular weight excluding hydrogens is 1160 g/mol. The molecule has 0 bridgehead atoms. The summed E-state index contributed by atoms with van der Waals surface area (Å²) in [6.07, 6.45) is 48.3. The van der Waals surface area contributed by atoms with E-state index in [0.29, 0.717) is 25.7 Å². The van der Waals surface area contributed by atoms with Crippen LogP contribution in [-0.4, -0.2) is 96.7 Å². The summed E-state index contributed by atoms with van der Waals surface area (Å²) in [6, 6.07) is 0. The van der Waals surface area contributed by atoms with Crippen LogP contribution in [0.2, 0.25) is 0 Å². The second-order valence-corrected chi connectivity index (χ2v) is 28.3. The fraction of sp³-hybridized carbons (Fsp3) is 0.942. The Balaban J connectivity index is 5.25. The molecule has 0 saturated carbocycles. The molecule has 0 amide bonds. The lowest BCUT2D eigenvalue weighted by atomic mass is 10.0. The Hall–Kier alpha value is -1.94. The highest BCUT2D eigenvalue weighted by Gasteiger charge is 2.30. The van der Waals surface area contributed by atoms with Gasteiger partial charge in [-0.05, 0) is 31.6 Å². The van der Waals surface area contributed by atoms with Gasteiger partial charge in [-0.1, -0.05) is 304 Å². The fourth-order valence-electron chi connectivity index (χ4n) is 10.5. The first-order chi connectivity index (χ1) is 42.5.